The van der Waals surface area contributed by atoms with E-state index in [0.29, 0.717) is 16.5 Å². The third-order valence-electron chi connectivity index (χ3n) is 2.54. The van der Waals surface area contributed by atoms with Crippen molar-refractivity contribution < 1.29 is 19.4 Å². The maximum atomic E-state index is 11.4. The third-order valence-corrected chi connectivity index (χ3v) is 2.54. The summed E-state index contributed by atoms with van der Waals surface area (Å²) in [6, 6.07) is 4.64. The first kappa shape index (κ1) is 11.2. The Hall–Kier alpha value is -2.30. The van der Waals surface area contributed by atoms with E-state index < -0.39 is 5.97 Å². The van der Waals surface area contributed by atoms with Crippen molar-refractivity contribution >= 4 is 22.8 Å². The molecule has 0 saturated carbocycles. The van der Waals surface area contributed by atoms with Crippen LogP contribution in [0.1, 0.15) is 22.1 Å². The lowest BCUT2D eigenvalue weighted by molar-refractivity contribution is 0.0600. The van der Waals surface area contributed by atoms with Crippen LogP contribution in [0.2, 0.25) is 0 Å². The van der Waals surface area contributed by atoms with Gasteiger partial charge in [0.05, 0.1) is 24.4 Å². The molecule has 0 amide bonds. The summed E-state index contributed by atoms with van der Waals surface area (Å²) in [7, 11) is 1.29. The summed E-state index contributed by atoms with van der Waals surface area (Å²) in [5.41, 5.74) is 0.818. The maximum absolute atomic E-state index is 11.4. The smallest absolute Gasteiger partial charge is 0.337 e. The van der Waals surface area contributed by atoms with Crippen LogP contribution >= 0.6 is 0 Å². The fourth-order valence-corrected chi connectivity index (χ4v) is 1.71. The maximum Gasteiger partial charge on any atom is 0.337 e. The number of benzene rings is 1. The Morgan fingerprint density at radius 3 is 2.65 bits per heavy atom. The standard InChI is InChI=1S/C12H11NO4/c1-7(14)13-6-11(15)9-4-3-8(5-10(9)13)12(16)17-2/h3-6,15H,1-2H3. The zero-order chi connectivity index (χ0) is 12.6. The molecule has 17 heavy (non-hydrogen) atoms. The number of methoxy groups -OCH3 is 1. The van der Waals surface area contributed by atoms with Crippen LogP contribution in [-0.2, 0) is 4.74 Å². The molecule has 0 fully saturated rings. The second-order valence-electron chi connectivity index (χ2n) is 3.63. The molecule has 5 heteroatoms. The molecule has 0 aliphatic carbocycles. The minimum atomic E-state index is -0.484. The van der Waals surface area contributed by atoms with E-state index in [1.807, 2.05) is 0 Å². The summed E-state index contributed by atoms with van der Waals surface area (Å²) >= 11 is 0. The van der Waals surface area contributed by atoms with Crippen molar-refractivity contribution in [3.05, 3.63) is 30.0 Å². The van der Waals surface area contributed by atoms with Gasteiger partial charge in [-0.15, -0.1) is 0 Å². The van der Waals surface area contributed by atoms with Gasteiger partial charge in [0.15, 0.2) is 0 Å². The molecule has 88 valence electrons. The average molecular weight is 233 g/mol. The Morgan fingerprint density at radius 2 is 2.06 bits per heavy atom. The lowest BCUT2D eigenvalue weighted by atomic mass is 10.1. The van der Waals surface area contributed by atoms with Gasteiger partial charge in [0.1, 0.15) is 5.75 Å². The number of hydrogen-bond donors (Lipinski definition) is 1. The summed E-state index contributed by atoms with van der Waals surface area (Å²) in [5, 5.41) is 10.2. The fourth-order valence-electron chi connectivity index (χ4n) is 1.71. The summed E-state index contributed by atoms with van der Waals surface area (Å²) in [6.45, 7) is 1.38. The van der Waals surface area contributed by atoms with Gasteiger partial charge in [0.25, 0.3) is 0 Å². The molecule has 1 aromatic carbocycles. The number of fused-ring (bicyclic) bond motifs is 1. The lowest BCUT2D eigenvalue weighted by Crippen LogP contribution is -2.05. The van der Waals surface area contributed by atoms with Crippen molar-refractivity contribution in [2.24, 2.45) is 0 Å². The summed E-state index contributed by atoms with van der Waals surface area (Å²) < 4.78 is 5.89. The molecule has 5 nitrogen and oxygen atoms in total. The number of rotatable bonds is 1. The molecule has 0 aliphatic rings. The first-order chi connectivity index (χ1) is 8.04. The van der Waals surface area contributed by atoms with Gasteiger partial charge in [-0.25, -0.2) is 4.79 Å². The Kier molecular flexibility index (Phi) is 2.59. The second kappa shape index (κ2) is 3.93. The molecule has 2 rings (SSSR count). The number of nitrogens with zero attached hydrogens (tertiary/aromatic N) is 1. The summed E-state index contributed by atoms with van der Waals surface area (Å²) in [4.78, 5) is 22.7. The minimum Gasteiger partial charge on any atom is -0.506 e. The molecular formula is C12H11NO4. The zero-order valence-corrected chi connectivity index (χ0v) is 9.43. The van der Waals surface area contributed by atoms with Crippen LogP contribution in [0.4, 0.5) is 0 Å². The van der Waals surface area contributed by atoms with Gasteiger partial charge < -0.3 is 9.84 Å². The topological polar surface area (TPSA) is 68.5 Å². The van der Waals surface area contributed by atoms with E-state index in [2.05, 4.69) is 4.74 Å². The van der Waals surface area contributed by atoms with Crippen LogP contribution in [0.25, 0.3) is 10.9 Å². The predicted octanol–water partition coefficient (Wildman–Crippen LogP) is 1.79. The first-order valence-corrected chi connectivity index (χ1v) is 4.98. The Labute approximate surface area is 97.2 Å². The van der Waals surface area contributed by atoms with Crippen LogP contribution in [0.15, 0.2) is 24.4 Å². The van der Waals surface area contributed by atoms with E-state index in [4.69, 9.17) is 0 Å². The van der Waals surface area contributed by atoms with Crippen LogP contribution in [-0.4, -0.2) is 28.7 Å². The number of carbonyl (C=O) groups is 2. The van der Waals surface area contributed by atoms with Crippen molar-refractivity contribution in [2.45, 2.75) is 6.92 Å². The van der Waals surface area contributed by atoms with Gasteiger partial charge >= 0.3 is 5.97 Å². The van der Waals surface area contributed by atoms with Gasteiger partial charge in [-0.2, -0.15) is 0 Å². The molecule has 1 N–H and O–H groups in total. The quantitative estimate of drug-likeness (QED) is 0.762. The Bertz CT molecular complexity index is 612. The number of aromatic hydroxyl groups is 1. The zero-order valence-electron chi connectivity index (χ0n) is 9.43. The highest BCUT2D eigenvalue weighted by molar-refractivity contribution is 6.00. The van der Waals surface area contributed by atoms with Crippen molar-refractivity contribution in [1.82, 2.24) is 4.57 Å². The van der Waals surface area contributed by atoms with E-state index in [1.54, 1.807) is 12.1 Å². The third kappa shape index (κ3) is 1.75. The molecule has 1 heterocycles. The highest BCUT2D eigenvalue weighted by Gasteiger charge is 2.13. The van der Waals surface area contributed by atoms with E-state index in [9.17, 15) is 14.7 Å². The monoisotopic (exact) mass is 233 g/mol. The largest absolute Gasteiger partial charge is 0.506 e. The van der Waals surface area contributed by atoms with E-state index in [0.717, 1.165) is 0 Å². The molecule has 0 aliphatic heterocycles. The van der Waals surface area contributed by atoms with E-state index >= 15 is 0 Å². The highest BCUT2D eigenvalue weighted by Crippen LogP contribution is 2.27. The van der Waals surface area contributed by atoms with Crippen LogP contribution in [0, 0.1) is 0 Å². The van der Waals surface area contributed by atoms with Gasteiger partial charge in [0, 0.05) is 12.3 Å². The average Bonchev–Trinajstić information content (AvgIpc) is 2.65. The predicted molar refractivity (Wildman–Crippen MR) is 61.2 cm³/mol. The highest BCUT2D eigenvalue weighted by atomic mass is 16.5. The van der Waals surface area contributed by atoms with Crippen molar-refractivity contribution in [3.63, 3.8) is 0 Å². The van der Waals surface area contributed by atoms with E-state index in [-0.39, 0.29) is 11.7 Å². The summed E-state index contributed by atoms with van der Waals surface area (Å²) in [6.07, 6.45) is 1.33. The van der Waals surface area contributed by atoms with Crippen molar-refractivity contribution in [1.29, 1.82) is 0 Å². The Morgan fingerprint density at radius 1 is 1.35 bits per heavy atom. The molecule has 2 aromatic rings. The SMILES string of the molecule is COC(=O)c1ccc2c(O)cn(C(C)=O)c2c1. The molecule has 0 bridgehead atoms. The molecule has 0 saturated heterocycles. The fraction of sp³-hybridized carbons (Fsp3) is 0.167. The lowest BCUT2D eigenvalue weighted by Gasteiger charge is -2.01. The number of hydrogen-bond acceptors (Lipinski definition) is 4. The molecule has 0 unspecified atom stereocenters. The number of esters is 1. The Balaban J connectivity index is 2.70. The molecule has 0 atom stereocenters. The van der Waals surface area contributed by atoms with Gasteiger partial charge in [0.2, 0.25) is 5.91 Å². The van der Waals surface area contributed by atoms with Crippen LogP contribution in [0.5, 0.6) is 5.75 Å². The van der Waals surface area contributed by atoms with Crippen molar-refractivity contribution in [3.8, 4) is 5.75 Å². The van der Waals surface area contributed by atoms with Gasteiger partial charge in [-0.1, -0.05) is 0 Å². The van der Waals surface area contributed by atoms with Crippen LogP contribution in [0.3, 0.4) is 0 Å². The normalized spacial score (nSPS) is 10.5. The van der Waals surface area contributed by atoms with Crippen LogP contribution < -0.4 is 0 Å². The van der Waals surface area contributed by atoms with E-state index in [1.165, 1.54) is 30.9 Å². The summed E-state index contributed by atoms with van der Waals surface area (Å²) in [5.74, 6) is -0.716. The number of carbonyl (C=O) groups excluding carboxylic acids is 2. The number of ether oxygens (including phenoxy) is 1. The molecule has 0 radical (unpaired) electrons. The first-order valence-electron chi connectivity index (χ1n) is 4.98. The van der Waals surface area contributed by atoms with Crippen molar-refractivity contribution in [2.75, 3.05) is 7.11 Å². The number of aromatic nitrogens is 1. The minimum absolute atomic E-state index is 0.00613. The molecular weight excluding hydrogens is 222 g/mol. The molecule has 1 aromatic heterocycles. The van der Waals surface area contributed by atoms with Gasteiger partial charge in [-0.05, 0) is 18.2 Å². The molecule has 0 spiro atoms. The second-order valence-corrected chi connectivity index (χ2v) is 3.63. The van der Waals surface area contributed by atoms with Gasteiger partial charge in [-0.3, -0.25) is 9.36 Å².